The molecule has 406 valence electrons. The molecule has 5 atom stereocenters. The van der Waals surface area contributed by atoms with Gasteiger partial charge in [0.05, 0.1) is 24.6 Å². The van der Waals surface area contributed by atoms with Gasteiger partial charge in [-0.25, -0.2) is 24.2 Å². The van der Waals surface area contributed by atoms with Crippen LogP contribution in [0.4, 0.5) is 31.4 Å². The Balaban J connectivity index is 0.000000154. The van der Waals surface area contributed by atoms with Crippen LogP contribution in [0.15, 0.2) is 187 Å². The summed E-state index contributed by atoms with van der Waals surface area (Å²) in [6.45, 7) is 6.76. The number of allylic oxidation sites excluding steroid dienone is 1. The Labute approximate surface area is 457 Å². The number of carbonyl (C=O) groups excluding carboxylic acids is 5. The molecular formula is C63H70N6O9. The van der Waals surface area contributed by atoms with E-state index in [1.807, 2.05) is 183 Å². The van der Waals surface area contributed by atoms with Crippen molar-refractivity contribution in [2.45, 2.75) is 83.9 Å². The highest BCUT2D eigenvalue weighted by atomic mass is 16.6. The van der Waals surface area contributed by atoms with Crippen molar-refractivity contribution in [1.29, 1.82) is 0 Å². The van der Waals surface area contributed by atoms with E-state index in [1.165, 1.54) is 15.4 Å². The highest BCUT2D eigenvalue weighted by molar-refractivity contribution is 6.05. The van der Waals surface area contributed by atoms with Gasteiger partial charge >= 0.3 is 18.3 Å². The zero-order valence-electron chi connectivity index (χ0n) is 44.6. The van der Waals surface area contributed by atoms with Crippen molar-refractivity contribution in [3.8, 4) is 0 Å². The maximum absolute atomic E-state index is 12.8. The van der Waals surface area contributed by atoms with Crippen molar-refractivity contribution in [2.75, 3.05) is 49.3 Å². The van der Waals surface area contributed by atoms with E-state index < -0.39 is 12.2 Å². The Morgan fingerprint density at radius 3 is 1.67 bits per heavy atom. The van der Waals surface area contributed by atoms with Crippen LogP contribution in [0.2, 0.25) is 0 Å². The number of para-hydroxylation sites is 3. The first-order chi connectivity index (χ1) is 38.1. The number of nitrogens with zero attached hydrogens (tertiary/aromatic N) is 3. The molecule has 6 aromatic rings. The largest absolute Gasteiger partial charge is 0.445 e. The first-order valence-corrected chi connectivity index (χ1v) is 26.9. The predicted molar refractivity (Wildman–Crippen MR) is 301 cm³/mol. The lowest BCUT2D eigenvalue weighted by molar-refractivity contribution is -0.130. The van der Waals surface area contributed by atoms with E-state index in [-0.39, 0.29) is 55.2 Å². The lowest BCUT2D eigenvalue weighted by Gasteiger charge is -2.39. The number of benzene rings is 6. The van der Waals surface area contributed by atoms with Crippen LogP contribution in [-0.4, -0.2) is 90.2 Å². The number of methoxy groups -OCH3 is 1. The molecule has 78 heavy (non-hydrogen) atoms. The molecule has 6 aromatic carbocycles. The van der Waals surface area contributed by atoms with Crippen molar-refractivity contribution in [1.82, 2.24) is 14.7 Å². The van der Waals surface area contributed by atoms with Crippen LogP contribution in [-0.2, 0) is 48.4 Å². The third-order valence-electron chi connectivity index (χ3n) is 14.4. The minimum absolute atomic E-state index is 0.00294. The van der Waals surface area contributed by atoms with Gasteiger partial charge in [-0.2, -0.15) is 0 Å². The molecule has 0 aliphatic carbocycles. The number of amides is 5. The van der Waals surface area contributed by atoms with E-state index in [9.17, 15) is 24.0 Å². The number of hydrogen-bond donors (Lipinski definition) is 3. The van der Waals surface area contributed by atoms with Crippen molar-refractivity contribution in [3.63, 3.8) is 0 Å². The highest BCUT2D eigenvalue weighted by Crippen LogP contribution is 2.46. The molecule has 15 nitrogen and oxygen atoms in total. The fourth-order valence-corrected chi connectivity index (χ4v) is 10.4. The first kappa shape index (κ1) is 55.8. The number of fused-ring (bicyclic) bond motifs is 3. The fourth-order valence-electron chi connectivity index (χ4n) is 10.4. The van der Waals surface area contributed by atoms with E-state index in [0.29, 0.717) is 63.6 Å². The third kappa shape index (κ3) is 14.5. The summed E-state index contributed by atoms with van der Waals surface area (Å²) in [5, 5.41) is 10.3. The van der Waals surface area contributed by atoms with Crippen LogP contribution in [0.3, 0.4) is 0 Å². The molecule has 4 aliphatic rings. The van der Waals surface area contributed by atoms with E-state index >= 15 is 0 Å². The lowest BCUT2D eigenvalue weighted by Crippen LogP contribution is -2.43. The Morgan fingerprint density at radius 1 is 0.603 bits per heavy atom. The van der Waals surface area contributed by atoms with Gasteiger partial charge < -0.3 is 39.8 Å². The molecule has 10 rings (SSSR count). The van der Waals surface area contributed by atoms with Gasteiger partial charge in [0.25, 0.3) is 5.91 Å². The van der Waals surface area contributed by atoms with Gasteiger partial charge in [-0.1, -0.05) is 159 Å². The summed E-state index contributed by atoms with van der Waals surface area (Å²) < 4.78 is 21.6. The van der Waals surface area contributed by atoms with Crippen LogP contribution in [0, 0.1) is 11.8 Å². The smallest absolute Gasteiger partial charge is 0.417 e. The SMILES string of the molecule is CC/C(Nc1ccccc1)=C1\CCN(C(=O)OCc2ccccc2)C1=O.CC[C@H](Nc1ccccc1)[C@H]1CCN(C(=O)OCc2ccccc2)C1=O.COC[C@@H]1Nc2ccccc2C2C1CCN2C(=O)OCc1ccccc1. The molecule has 0 saturated carbocycles. The van der Waals surface area contributed by atoms with Gasteiger partial charge in [0.15, 0.2) is 0 Å². The van der Waals surface area contributed by atoms with Gasteiger partial charge in [0.2, 0.25) is 5.91 Å². The van der Waals surface area contributed by atoms with Crippen molar-refractivity contribution < 1.29 is 42.9 Å². The number of ether oxygens (including phenoxy) is 4. The number of nitrogens with one attached hydrogen (secondary N) is 3. The zero-order chi connectivity index (χ0) is 54.6. The number of hydrogen-bond acceptors (Lipinski definition) is 12. The van der Waals surface area contributed by atoms with Crippen LogP contribution in [0.25, 0.3) is 0 Å². The summed E-state index contributed by atoms with van der Waals surface area (Å²) in [5.74, 6) is -0.319. The molecule has 2 unspecified atom stereocenters. The Hall–Kier alpha value is -8.43. The van der Waals surface area contributed by atoms with Crippen molar-refractivity contribution in [2.24, 2.45) is 11.8 Å². The minimum Gasteiger partial charge on any atom is -0.445 e. The van der Waals surface area contributed by atoms with Crippen molar-refractivity contribution in [3.05, 3.63) is 209 Å². The molecule has 3 N–H and O–H groups in total. The topological polar surface area (TPSA) is 168 Å². The minimum atomic E-state index is -0.594. The Bertz CT molecular complexity index is 2930. The average molecular weight is 1060 g/mol. The monoisotopic (exact) mass is 1050 g/mol. The van der Waals surface area contributed by atoms with E-state index in [4.69, 9.17) is 18.9 Å². The van der Waals surface area contributed by atoms with Gasteiger partial charge in [-0.05, 0) is 84.7 Å². The van der Waals surface area contributed by atoms with E-state index in [2.05, 4.69) is 28.1 Å². The molecule has 15 heteroatoms. The Kier molecular flexibility index (Phi) is 20.1. The second-order valence-electron chi connectivity index (χ2n) is 19.4. The number of imide groups is 2. The summed E-state index contributed by atoms with van der Waals surface area (Å²) in [6.07, 6.45) is 2.22. The molecule has 0 spiro atoms. The number of likely N-dealkylation sites (tertiary alicyclic amines) is 3. The summed E-state index contributed by atoms with van der Waals surface area (Å²) >= 11 is 0. The normalized spacial score (nSPS) is 19.1. The van der Waals surface area contributed by atoms with Crippen molar-refractivity contribution >= 4 is 47.2 Å². The third-order valence-corrected chi connectivity index (χ3v) is 14.4. The maximum atomic E-state index is 12.8. The van der Waals surface area contributed by atoms with Gasteiger partial charge in [0.1, 0.15) is 19.8 Å². The summed E-state index contributed by atoms with van der Waals surface area (Å²) in [5.41, 5.74) is 8.45. The van der Waals surface area contributed by atoms with E-state index in [1.54, 1.807) is 7.11 Å². The van der Waals surface area contributed by atoms with Crippen LogP contribution in [0.1, 0.15) is 74.2 Å². The standard InChI is InChI=1S/2C21H24N2O3.C21H22N2O3/c1-25-14-19-17-11-12-23(20(17)16-9-5-6-10-18(16)22-19)21(24)26-13-15-7-3-2-4-8-15;2*1-2-19(22-17-11-7-4-8-12-17)18-13-14-23(20(18)24)21(25)26-15-16-9-5-3-6-10-16/h2-10,17,19-20,22H,11-14H2,1H3;3-12,18-19,22H,2,13-15H2,1H3;3-12,22H,2,13-15H2,1H3/b;;19-18-/t17?,19-,20?;18-,19+;/m01./s1. The van der Waals surface area contributed by atoms with Crippen LogP contribution >= 0.6 is 0 Å². The molecule has 0 bridgehead atoms. The molecular weight excluding hydrogens is 985 g/mol. The van der Waals surface area contributed by atoms with Gasteiger partial charge in [0, 0.05) is 67.0 Å². The van der Waals surface area contributed by atoms with Gasteiger partial charge in [-0.3, -0.25) is 9.59 Å². The second kappa shape index (κ2) is 28.1. The first-order valence-electron chi connectivity index (χ1n) is 26.9. The number of anilines is 3. The van der Waals surface area contributed by atoms with Crippen LogP contribution < -0.4 is 16.0 Å². The molecule has 4 aliphatic heterocycles. The lowest BCUT2D eigenvalue weighted by atomic mass is 9.83. The summed E-state index contributed by atoms with van der Waals surface area (Å²) in [4.78, 5) is 67.1. The van der Waals surface area contributed by atoms with Gasteiger partial charge in [-0.15, -0.1) is 0 Å². The maximum Gasteiger partial charge on any atom is 0.417 e. The number of rotatable bonds is 15. The molecule has 0 aromatic heterocycles. The Morgan fingerprint density at radius 2 is 1.12 bits per heavy atom. The zero-order valence-corrected chi connectivity index (χ0v) is 44.6. The second-order valence-corrected chi connectivity index (χ2v) is 19.4. The number of carbonyl (C=O) groups is 5. The predicted octanol–water partition coefficient (Wildman–Crippen LogP) is 12.2. The van der Waals surface area contributed by atoms with Crippen LogP contribution in [0.5, 0.6) is 0 Å². The molecule has 3 saturated heterocycles. The summed E-state index contributed by atoms with van der Waals surface area (Å²) in [6, 6.07) is 56.7. The average Bonchev–Trinajstić information content (AvgIpc) is 4.28. The molecule has 0 radical (unpaired) electrons. The quantitative estimate of drug-likeness (QED) is 0.0659. The summed E-state index contributed by atoms with van der Waals surface area (Å²) in [7, 11) is 1.72. The molecule has 4 heterocycles. The fraction of sp³-hybridized carbons (Fsp3) is 0.317. The molecule has 3 fully saturated rings. The highest BCUT2D eigenvalue weighted by Gasteiger charge is 2.46. The van der Waals surface area contributed by atoms with E-state index in [0.717, 1.165) is 52.3 Å². The molecule has 5 amide bonds.